The Morgan fingerprint density at radius 1 is 1.11 bits per heavy atom. The highest BCUT2D eigenvalue weighted by Crippen LogP contribution is 2.57. The Balaban J connectivity index is 1.43. The summed E-state index contributed by atoms with van der Waals surface area (Å²) in [6, 6.07) is 6.33. The summed E-state index contributed by atoms with van der Waals surface area (Å²) >= 11 is 0. The van der Waals surface area contributed by atoms with Crippen molar-refractivity contribution >= 4 is 6.71 Å². The molecule has 4 fully saturated rings. The van der Waals surface area contributed by atoms with E-state index in [0.29, 0.717) is 0 Å². The van der Waals surface area contributed by atoms with Crippen LogP contribution in [0.3, 0.4) is 0 Å². The molecule has 1 saturated carbocycles. The summed E-state index contributed by atoms with van der Waals surface area (Å²) in [5.41, 5.74) is 1.30. The third-order valence-corrected chi connectivity index (χ3v) is 5.88. The second-order valence-electron chi connectivity index (χ2n) is 6.95. The van der Waals surface area contributed by atoms with Crippen LogP contribution in [0.1, 0.15) is 31.4 Å². The lowest BCUT2D eigenvalue weighted by atomic mass is 9.22. The van der Waals surface area contributed by atoms with Crippen molar-refractivity contribution < 1.29 is 0 Å². The zero-order valence-electron chi connectivity index (χ0n) is 11.1. The molecule has 0 N–H and O–H groups in total. The van der Waals surface area contributed by atoms with Gasteiger partial charge in [-0.3, -0.25) is 4.98 Å². The highest BCUT2D eigenvalue weighted by molar-refractivity contribution is 6.61. The average Bonchev–Trinajstić information content (AvgIpc) is 2.38. The number of aromatic nitrogens is 1. The van der Waals surface area contributed by atoms with Crippen molar-refractivity contribution in [3.63, 3.8) is 0 Å². The third kappa shape index (κ3) is 1.90. The first-order valence-electron chi connectivity index (χ1n) is 7.78. The number of pyridine rings is 1. The van der Waals surface area contributed by atoms with Gasteiger partial charge in [-0.05, 0) is 55.6 Å². The Morgan fingerprint density at radius 3 is 2.61 bits per heavy atom. The summed E-state index contributed by atoms with van der Waals surface area (Å²) in [5.74, 6) is 4.32. The molecule has 0 spiro atoms. The molecule has 4 bridgehead atoms. The van der Waals surface area contributed by atoms with E-state index in [1.807, 2.05) is 12.3 Å². The van der Waals surface area contributed by atoms with Crippen molar-refractivity contribution in [3.8, 4) is 0 Å². The Hall–Kier alpha value is -0.785. The molecular weight excluding hydrogens is 217 g/mol. The molecule has 4 aliphatic rings. The first-order chi connectivity index (χ1) is 8.88. The molecule has 0 aromatic carbocycles. The van der Waals surface area contributed by atoms with Crippen molar-refractivity contribution in [1.82, 2.24) is 4.98 Å². The Morgan fingerprint density at radius 2 is 1.94 bits per heavy atom. The van der Waals surface area contributed by atoms with Gasteiger partial charge in [-0.15, -0.1) is 0 Å². The summed E-state index contributed by atoms with van der Waals surface area (Å²) in [5, 5.41) is 0. The molecule has 94 valence electrons. The van der Waals surface area contributed by atoms with Gasteiger partial charge in [-0.1, -0.05) is 30.9 Å². The summed E-state index contributed by atoms with van der Waals surface area (Å²) in [4.78, 5) is 4.48. The van der Waals surface area contributed by atoms with Gasteiger partial charge < -0.3 is 0 Å². The number of nitrogens with zero attached hydrogens (tertiary/aromatic N) is 1. The molecule has 2 heteroatoms. The molecule has 3 saturated heterocycles. The van der Waals surface area contributed by atoms with Crippen molar-refractivity contribution in [2.24, 2.45) is 17.8 Å². The monoisotopic (exact) mass is 239 g/mol. The third-order valence-electron chi connectivity index (χ3n) is 5.88. The number of hydrogen-bond acceptors (Lipinski definition) is 1. The minimum absolute atomic E-state index is 1.03. The molecule has 1 aromatic rings. The minimum atomic E-state index is 1.03. The van der Waals surface area contributed by atoms with Crippen LogP contribution < -0.4 is 0 Å². The fraction of sp³-hybridized carbons (Fsp3) is 0.688. The summed E-state index contributed by atoms with van der Waals surface area (Å²) < 4.78 is 0. The van der Waals surface area contributed by atoms with Gasteiger partial charge in [0.1, 0.15) is 6.71 Å². The second-order valence-corrected chi connectivity index (χ2v) is 6.95. The molecule has 1 nitrogen and oxygen atoms in total. The van der Waals surface area contributed by atoms with Gasteiger partial charge in [0, 0.05) is 11.9 Å². The van der Waals surface area contributed by atoms with Gasteiger partial charge >= 0.3 is 0 Å². The van der Waals surface area contributed by atoms with E-state index >= 15 is 0 Å². The molecule has 3 unspecified atom stereocenters. The molecule has 1 aliphatic carbocycles. The number of hydrogen-bond donors (Lipinski definition) is 0. The summed E-state index contributed by atoms with van der Waals surface area (Å²) in [6.07, 6.45) is 12.3. The lowest BCUT2D eigenvalue weighted by molar-refractivity contribution is 0.162. The van der Waals surface area contributed by atoms with Gasteiger partial charge in [0.25, 0.3) is 0 Å². The van der Waals surface area contributed by atoms with Crippen LogP contribution in [-0.2, 0) is 6.42 Å². The molecule has 4 heterocycles. The molecular formula is C16H22BN. The summed E-state index contributed by atoms with van der Waals surface area (Å²) in [6.45, 7) is 1.07. The van der Waals surface area contributed by atoms with E-state index < -0.39 is 0 Å². The Kier molecular flexibility index (Phi) is 2.71. The Bertz CT molecular complexity index is 388. The average molecular weight is 239 g/mol. The molecule has 1 aromatic heterocycles. The van der Waals surface area contributed by atoms with Crippen molar-refractivity contribution in [2.45, 2.75) is 50.6 Å². The zero-order chi connectivity index (χ0) is 11.9. The fourth-order valence-electron chi connectivity index (χ4n) is 5.37. The molecule has 5 rings (SSSR count). The summed E-state index contributed by atoms with van der Waals surface area (Å²) in [7, 11) is 0. The molecule has 18 heavy (non-hydrogen) atoms. The highest BCUT2D eigenvalue weighted by Gasteiger charge is 2.49. The SMILES string of the molecule is c1ccc(CCC2B3CC4CC(C3)CC2C4)nc1. The smallest absolute Gasteiger partial charge is 0.143 e. The van der Waals surface area contributed by atoms with Crippen molar-refractivity contribution in [3.05, 3.63) is 30.1 Å². The number of aryl methyl sites for hydroxylation is 1. The maximum Gasteiger partial charge on any atom is 0.143 e. The van der Waals surface area contributed by atoms with Crippen LogP contribution in [0.4, 0.5) is 0 Å². The van der Waals surface area contributed by atoms with E-state index in [1.54, 1.807) is 31.9 Å². The minimum Gasteiger partial charge on any atom is -0.261 e. The van der Waals surface area contributed by atoms with E-state index in [2.05, 4.69) is 17.1 Å². The van der Waals surface area contributed by atoms with Gasteiger partial charge in [0.15, 0.2) is 0 Å². The van der Waals surface area contributed by atoms with Crippen LogP contribution in [0.2, 0.25) is 18.5 Å². The first kappa shape index (κ1) is 11.1. The largest absolute Gasteiger partial charge is 0.261 e. The first-order valence-corrected chi connectivity index (χ1v) is 7.78. The van der Waals surface area contributed by atoms with E-state index in [1.165, 1.54) is 18.5 Å². The van der Waals surface area contributed by atoms with E-state index in [4.69, 9.17) is 0 Å². The van der Waals surface area contributed by atoms with Gasteiger partial charge in [-0.25, -0.2) is 0 Å². The van der Waals surface area contributed by atoms with Crippen LogP contribution in [0.5, 0.6) is 0 Å². The highest BCUT2D eigenvalue weighted by atomic mass is 14.7. The standard InChI is InChI=1S/C16H22BN/c1-2-6-18-15(3-1)4-5-16-14-8-12-7-13(9-14)11-17(16)10-12/h1-3,6,12-14,16H,4-5,7-11H2. The van der Waals surface area contributed by atoms with Crippen LogP contribution in [0.25, 0.3) is 0 Å². The zero-order valence-corrected chi connectivity index (χ0v) is 11.1. The molecule has 3 atom stereocenters. The van der Waals surface area contributed by atoms with Crippen LogP contribution in [0, 0.1) is 17.8 Å². The fourth-order valence-corrected chi connectivity index (χ4v) is 5.37. The lowest BCUT2D eigenvalue weighted by Gasteiger charge is -2.53. The predicted molar refractivity (Wildman–Crippen MR) is 76.0 cm³/mol. The predicted octanol–water partition coefficient (Wildman–Crippen LogP) is 3.94. The molecule has 3 aliphatic heterocycles. The quantitative estimate of drug-likeness (QED) is 0.728. The molecule has 0 radical (unpaired) electrons. The van der Waals surface area contributed by atoms with Gasteiger partial charge in [-0.2, -0.15) is 0 Å². The van der Waals surface area contributed by atoms with E-state index in [-0.39, 0.29) is 0 Å². The number of rotatable bonds is 3. The van der Waals surface area contributed by atoms with Crippen LogP contribution >= 0.6 is 0 Å². The maximum atomic E-state index is 4.48. The molecule has 0 amide bonds. The topological polar surface area (TPSA) is 12.9 Å². The maximum absolute atomic E-state index is 4.48. The second kappa shape index (κ2) is 4.40. The normalized spacial score (nSPS) is 37.2. The van der Waals surface area contributed by atoms with Gasteiger partial charge in [0.05, 0.1) is 0 Å². The van der Waals surface area contributed by atoms with Crippen molar-refractivity contribution in [1.29, 1.82) is 0 Å². The Labute approximate surface area is 110 Å². The van der Waals surface area contributed by atoms with E-state index in [9.17, 15) is 0 Å². The van der Waals surface area contributed by atoms with Crippen LogP contribution in [0.15, 0.2) is 24.4 Å². The van der Waals surface area contributed by atoms with Crippen molar-refractivity contribution in [2.75, 3.05) is 0 Å². The van der Waals surface area contributed by atoms with E-state index in [0.717, 1.165) is 30.3 Å². The van der Waals surface area contributed by atoms with Gasteiger partial charge in [0.2, 0.25) is 0 Å². The lowest BCUT2D eigenvalue weighted by Crippen LogP contribution is -2.47. The van der Waals surface area contributed by atoms with Crippen LogP contribution in [-0.4, -0.2) is 11.7 Å².